The predicted molar refractivity (Wildman–Crippen MR) is 152 cm³/mol. The minimum atomic E-state index is -4.13. The molecule has 0 aliphatic rings. The topological polar surface area (TPSA) is 86.8 Å². The van der Waals surface area contributed by atoms with Crippen LogP contribution in [-0.4, -0.2) is 44.3 Å². The Kier molecular flexibility index (Phi) is 9.57. The Morgan fingerprint density at radius 2 is 1.61 bits per heavy atom. The molecule has 0 saturated carbocycles. The van der Waals surface area contributed by atoms with E-state index in [2.05, 4.69) is 5.32 Å². The van der Waals surface area contributed by atoms with Crippen molar-refractivity contribution >= 4 is 39.1 Å². The second-order valence-electron chi connectivity index (χ2n) is 9.27. The molecule has 0 spiro atoms. The van der Waals surface area contributed by atoms with Crippen LogP contribution >= 0.6 is 11.6 Å². The van der Waals surface area contributed by atoms with E-state index >= 15 is 0 Å². The lowest BCUT2D eigenvalue weighted by atomic mass is 10.1. The Bertz CT molecular complexity index is 1410. The average Bonchev–Trinajstić information content (AvgIpc) is 2.87. The van der Waals surface area contributed by atoms with Gasteiger partial charge in [0.05, 0.1) is 10.6 Å². The first-order valence-corrected chi connectivity index (χ1v) is 14.2. The number of likely N-dealkylation sites (N-methyl/N-ethyl adjacent to an activating group) is 1. The third-order valence-corrected chi connectivity index (χ3v) is 8.44. The number of nitrogens with zero attached hydrogens (tertiary/aromatic N) is 2. The standard InChI is InChI=1S/C29H34ClN3O4S/c1-6-31-29(35)23(5)32(18-24-10-8-7-9-21(24)3)28(34)19-33(27-16-13-25(30)17-22(27)4)38(36,37)26-14-11-20(2)12-15-26/h7-17,23H,6,18-19H2,1-5H3,(H,31,35). The van der Waals surface area contributed by atoms with Crippen molar-refractivity contribution in [2.45, 2.75) is 52.1 Å². The number of halogens is 1. The Hall–Kier alpha value is -3.36. The van der Waals surface area contributed by atoms with Gasteiger partial charge in [-0.05, 0) is 81.6 Å². The molecule has 0 radical (unpaired) electrons. The maximum atomic E-state index is 13.9. The zero-order valence-corrected chi connectivity index (χ0v) is 23.9. The normalized spacial score (nSPS) is 12.1. The van der Waals surface area contributed by atoms with Crippen molar-refractivity contribution in [3.8, 4) is 0 Å². The van der Waals surface area contributed by atoms with Gasteiger partial charge in [0.1, 0.15) is 12.6 Å². The van der Waals surface area contributed by atoms with Gasteiger partial charge >= 0.3 is 0 Å². The summed E-state index contributed by atoms with van der Waals surface area (Å²) in [5.74, 6) is -0.818. The molecule has 0 aliphatic carbocycles. The van der Waals surface area contributed by atoms with Crippen molar-refractivity contribution in [2.24, 2.45) is 0 Å². The minimum Gasteiger partial charge on any atom is -0.355 e. The lowest BCUT2D eigenvalue weighted by Gasteiger charge is -2.32. The number of hydrogen-bond acceptors (Lipinski definition) is 4. The molecule has 1 N–H and O–H groups in total. The Morgan fingerprint density at radius 3 is 2.21 bits per heavy atom. The van der Waals surface area contributed by atoms with E-state index in [9.17, 15) is 18.0 Å². The van der Waals surface area contributed by atoms with Gasteiger partial charge in [-0.3, -0.25) is 13.9 Å². The van der Waals surface area contributed by atoms with Crippen molar-refractivity contribution in [1.29, 1.82) is 0 Å². The van der Waals surface area contributed by atoms with E-state index < -0.39 is 28.5 Å². The van der Waals surface area contributed by atoms with Crippen LogP contribution in [-0.2, 0) is 26.2 Å². The van der Waals surface area contributed by atoms with Gasteiger partial charge in [0.2, 0.25) is 11.8 Å². The third kappa shape index (κ3) is 6.74. The van der Waals surface area contributed by atoms with Crippen molar-refractivity contribution in [1.82, 2.24) is 10.2 Å². The van der Waals surface area contributed by atoms with Crippen LogP contribution in [0.3, 0.4) is 0 Å². The van der Waals surface area contributed by atoms with E-state index in [1.165, 1.54) is 17.0 Å². The summed E-state index contributed by atoms with van der Waals surface area (Å²) in [7, 11) is -4.13. The molecule has 3 aromatic rings. The number of rotatable bonds is 10. The van der Waals surface area contributed by atoms with Crippen LogP contribution in [0.15, 0.2) is 71.6 Å². The van der Waals surface area contributed by atoms with Gasteiger partial charge in [0, 0.05) is 18.1 Å². The number of aryl methyl sites for hydroxylation is 3. The summed E-state index contributed by atoms with van der Waals surface area (Å²) in [6, 6.07) is 18.1. The molecule has 0 heterocycles. The molecule has 0 saturated heterocycles. The second kappa shape index (κ2) is 12.5. The average molecular weight is 556 g/mol. The molecule has 3 aromatic carbocycles. The fourth-order valence-corrected chi connectivity index (χ4v) is 5.83. The highest BCUT2D eigenvalue weighted by molar-refractivity contribution is 7.92. The van der Waals surface area contributed by atoms with Crippen LogP contribution in [0.1, 0.15) is 36.1 Å². The lowest BCUT2D eigenvalue weighted by molar-refractivity contribution is -0.139. The predicted octanol–water partition coefficient (Wildman–Crippen LogP) is 5.01. The van der Waals surface area contributed by atoms with E-state index in [0.717, 1.165) is 21.0 Å². The number of benzene rings is 3. The number of sulfonamides is 1. The number of carbonyl (C=O) groups is 2. The monoisotopic (exact) mass is 555 g/mol. The molecule has 7 nitrogen and oxygen atoms in total. The molecule has 3 rings (SSSR count). The lowest BCUT2D eigenvalue weighted by Crippen LogP contribution is -2.51. The van der Waals surface area contributed by atoms with Gasteiger partial charge in [-0.25, -0.2) is 8.42 Å². The maximum absolute atomic E-state index is 13.9. The van der Waals surface area contributed by atoms with Gasteiger partial charge in [0.15, 0.2) is 0 Å². The Labute approximate surface area is 230 Å². The van der Waals surface area contributed by atoms with Crippen molar-refractivity contribution in [2.75, 3.05) is 17.4 Å². The van der Waals surface area contributed by atoms with Gasteiger partial charge in [-0.2, -0.15) is 0 Å². The first-order chi connectivity index (χ1) is 17.9. The van der Waals surface area contributed by atoms with Gasteiger partial charge < -0.3 is 10.2 Å². The second-order valence-corrected chi connectivity index (χ2v) is 11.6. The maximum Gasteiger partial charge on any atom is 0.264 e. The number of anilines is 1. The molecule has 1 atom stereocenters. The van der Waals surface area contributed by atoms with E-state index in [0.29, 0.717) is 22.8 Å². The van der Waals surface area contributed by atoms with E-state index in [1.54, 1.807) is 51.1 Å². The summed E-state index contributed by atoms with van der Waals surface area (Å²) in [6.45, 7) is 9.06. The van der Waals surface area contributed by atoms with Crippen LogP contribution in [0.2, 0.25) is 5.02 Å². The van der Waals surface area contributed by atoms with Crippen LogP contribution in [0.5, 0.6) is 0 Å². The minimum absolute atomic E-state index is 0.0625. The highest BCUT2D eigenvalue weighted by Crippen LogP contribution is 2.29. The molecule has 0 aliphatic heterocycles. The summed E-state index contributed by atoms with van der Waals surface area (Å²) in [4.78, 5) is 28.2. The SMILES string of the molecule is CCNC(=O)C(C)N(Cc1ccccc1C)C(=O)CN(c1ccc(Cl)cc1C)S(=O)(=O)c1ccc(C)cc1. The number of hydrogen-bond donors (Lipinski definition) is 1. The van der Waals surface area contributed by atoms with Crippen LogP contribution in [0.4, 0.5) is 5.69 Å². The fourth-order valence-electron chi connectivity index (χ4n) is 4.13. The summed E-state index contributed by atoms with van der Waals surface area (Å²) < 4.78 is 28.9. The molecular weight excluding hydrogens is 522 g/mol. The number of nitrogens with one attached hydrogen (secondary N) is 1. The summed E-state index contributed by atoms with van der Waals surface area (Å²) in [5, 5.41) is 3.22. The van der Waals surface area contributed by atoms with Gasteiger partial charge in [-0.1, -0.05) is 53.6 Å². The highest BCUT2D eigenvalue weighted by atomic mass is 35.5. The first kappa shape index (κ1) is 29.2. The van der Waals surface area contributed by atoms with E-state index in [-0.39, 0.29) is 17.3 Å². The van der Waals surface area contributed by atoms with Crippen molar-refractivity contribution < 1.29 is 18.0 Å². The van der Waals surface area contributed by atoms with E-state index in [1.807, 2.05) is 38.1 Å². The molecule has 0 aromatic heterocycles. The molecule has 202 valence electrons. The van der Waals surface area contributed by atoms with Crippen molar-refractivity contribution in [3.05, 3.63) is 94.0 Å². The highest BCUT2D eigenvalue weighted by Gasteiger charge is 2.33. The number of carbonyl (C=O) groups excluding carboxylic acids is 2. The molecule has 38 heavy (non-hydrogen) atoms. The van der Waals surface area contributed by atoms with Gasteiger partial charge in [-0.15, -0.1) is 0 Å². The van der Waals surface area contributed by atoms with Gasteiger partial charge in [0.25, 0.3) is 10.0 Å². The van der Waals surface area contributed by atoms with Crippen LogP contribution in [0, 0.1) is 20.8 Å². The molecule has 0 fully saturated rings. The van der Waals surface area contributed by atoms with E-state index in [4.69, 9.17) is 11.6 Å². The van der Waals surface area contributed by atoms with Crippen LogP contribution in [0.25, 0.3) is 0 Å². The smallest absolute Gasteiger partial charge is 0.264 e. The zero-order chi connectivity index (χ0) is 28.0. The summed E-state index contributed by atoms with van der Waals surface area (Å²) in [5.41, 5.74) is 3.68. The molecule has 2 amide bonds. The quantitative estimate of drug-likeness (QED) is 0.381. The largest absolute Gasteiger partial charge is 0.355 e. The molecule has 1 unspecified atom stereocenters. The fraction of sp³-hybridized carbons (Fsp3) is 0.310. The summed E-state index contributed by atoms with van der Waals surface area (Å²) in [6.07, 6.45) is 0. The third-order valence-electron chi connectivity index (χ3n) is 6.44. The number of amides is 2. The molecular formula is C29H34ClN3O4S. The zero-order valence-electron chi connectivity index (χ0n) is 22.4. The first-order valence-electron chi connectivity index (χ1n) is 12.4. The Balaban J connectivity index is 2.08. The molecule has 0 bridgehead atoms. The Morgan fingerprint density at radius 1 is 0.947 bits per heavy atom. The van der Waals surface area contributed by atoms with Crippen LogP contribution < -0.4 is 9.62 Å². The summed E-state index contributed by atoms with van der Waals surface area (Å²) >= 11 is 6.15. The molecule has 9 heteroatoms. The van der Waals surface area contributed by atoms with Crippen molar-refractivity contribution in [3.63, 3.8) is 0 Å².